The molecular weight excluding hydrogens is 312 g/mol. The van der Waals surface area contributed by atoms with Gasteiger partial charge in [0.2, 0.25) is 5.91 Å². The lowest BCUT2D eigenvalue weighted by Gasteiger charge is -2.15. The van der Waals surface area contributed by atoms with Crippen molar-refractivity contribution in [2.24, 2.45) is 0 Å². The molecule has 2 heterocycles. The number of anilines is 1. The molecule has 1 aliphatic heterocycles. The third kappa shape index (κ3) is 3.68. The van der Waals surface area contributed by atoms with Crippen LogP contribution >= 0.6 is 11.3 Å². The summed E-state index contributed by atoms with van der Waals surface area (Å²) in [7, 11) is 0. The fourth-order valence-electron chi connectivity index (χ4n) is 2.51. The highest BCUT2D eigenvalue weighted by Crippen LogP contribution is 2.26. The van der Waals surface area contributed by atoms with Gasteiger partial charge < -0.3 is 16.0 Å². The Hall–Kier alpha value is -2.41. The van der Waals surface area contributed by atoms with Crippen LogP contribution in [0.15, 0.2) is 23.6 Å². The SMILES string of the molecule is Cc1nc(CNC(=O)N[C@@H](C)c2ccc3c(c2)CC(=O)N3)cs1. The number of benzene rings is 1. The average molecular weight is 330 g/mol. The number of hydrogen-bond donors (Lipinski definition) is 3. The Morgan fingerprint density at radius 3 is 3.04 bits per heavy atom. The number of fused-ring (bicyclic) bond motifs is 1. The first-order valence-electron chi connectivity index (χ1n) is 7.39. The number of aromatic nitrogens is 1. The number of hydrogen-bond acceptors (Lipinski definition) is 4. The molecule has 3 rings (SSSR count). The van der Waals surface area contributed by atoms with Gasteiger partial charge in [0, 0.05) is 11.1 Å². The minimum atomic E-state index is -0.238. The maximum atomic E-state index is 12.0. The summed E-state index contributed by atoms with van der Waals surface area (Å²) < 4.78 is 0. The van der Waals surface area contributed by atoms with Crippen molar-refractivity contribution in [2.45, 2.75) is 32.9 Å². The Morgan fingerprint density at radius 2 is 2.30 bits per heavy atom. The van der Waals surface area contributed by atoms with Gasteiger partial charge in [-0.25, -0.2) is 9.78 Å². The molecule has 120 valence electrons. The lowest BCUT2D eigenvalue weighted by atomic mass is 10.0. The monoisotopic (exact) mass is 330 g/mol. The van der Waals surface area contributed by atoms with E-state index in [1.165, 1.54) is 0 Å². The predicted molar refractivity (Wildman–Crippen MR) is 89.4 cm³/mol. The van der Waals surface area contributed by atoms with Gasteiger partial charge in [0.1, 0.15) is 0 Å². The molecule has 23 heavy (non-hydrogen) atoms. The fraction of sp³-hybridized carbons (Fsp3) is 0.312. The number of rotatable bonds is 4. The van der Waals surface area contributed by atoms with Crippen LogP contribution in [0, 0.1) is 6.92 Å². The predicted octanol–water partition coefficient (Wildman–Crippen LogP) is 2.51. The van der Waals surface area contributed by atoms with E-state index in [-0.39, 0.29) is 18.0 Å². The molecule has 0 bridgehead atoms. The third-order valence-corrected chi connectivity index (χ3v) is 4.52. The first-order chi connectivity index (χ1) is 11.0. The molecule has 0 saturated carbocycles. The zero-order valence-corrected chi connectivity index (χ0v) is 13.8. The van der Waals surface area contributed by atoms with E-state index >= 15 is 0 Å². The molecule has 0 spiro atoms. The number of aryl methyl sites for hydroxylation is 1. The van der Waals surface area contributed by atoms with E-state index in [4.69, 9.17) is 0 Å². The van der Waals surface area contributed by atoms with E-state index in [1.807, 2.05) is 37.4 Å². The summed E-state index contributed by atoms with van der Waals surface area (Å²) in [6.07, 6.45) is 0.394. The molecular formula is C16H18N4O2S. The van der Waals surface area contributed by atoms with Gasteiger partial charge >= 0.3 is 6.03 Å². The van der Waals surface area contributed by atoms with Crippen molar-refractivity contribution in [2.75, 3.05) is 5.32 Å². The first kappa shape index (κ1) is 15.5. The highest BCUT2D eigenvalue weighted by molar-refractivity contribution is 7.09. The van der Waals surface area contributed by atoms with Crippen LogP contribution in [0.4, 0.5) is 10.5 Å². The number of urea groups is 1. The molecule has 6 nitrogen and oxygen atoms in total. The van der Waals surface area contributed by atoms with Crippen molar-refractivity contribution < 1.29 is 9.59 Å². The lowest BCUT2D eigenvalue weighted by molar-refractivity contribution is -0.115. The summed E-state index contributed by atoms with van der Waals surface area (Å²) in [5, 5.41) is 11.4. The number of nitrogens with zero attached hydrogens (tertiary/aromatic N) is 1. The van der Waals surface area contributed by atoms with Crippen molar-refractivity contribution in [3.05, 3.63) is 45.4 Å². The minimum absolute atomic E-state index is 0.00839. The van der Waals surface area contributed by atoms with E-state index in [0.717, 1.165) is 27.5 Å². The van der Waals surface area contributed by atoms with Crippen LogP contribution in [-0.2, 0) is 17.8 Å². The molecule has 0 radical (unpaired) electrons. The van der Waals surface area contributed by atoms with Crippen LogP contribution in [0.3, 0.4) is 0 Å². The summed E-state index contributed by atoms with van der Waals surface area (Å²) in [4.78, 5) is 27.7. The van der Waals surface area contributed by atoms with Crippen LogP contribution in [-0.4, -0.2) is 16.9 Å². The topological polar surface area (TPSA) is 83.1 Å². The number of nitrogens with one attached hydrogen (secondary N) is 3. The van der Waals surface area contributed by atoms with Crippen LogP contribution < -0.4 is 16.0 Å². The molecule has 1 aromatic heterocycles. The Kier molecular flexibility index (Phi) is 4.29. The van der Waals surface area contributed by atoms with Gasteiger partial charge in [-0.15, -0.1) is 11.3 Å². The van der Waals surface area contributed by atoms with Crippen molar-refractivity contribution in [1.29, 1.82) is 0 Å². The van der Waals surface area contributed by atoms with E-state index in [1.54, 1.807) is 11.3 Å². The Morgan fingerprint density at radius 1 is 1.48 bits per heavy atom. The second kappa shape index (κ2) is 6.37. The average Bonchev–Trinajstić information content (AvgIpc) is 3.08. The molecule has 3 amide bonds. The van der Waals surface area contributed by atoms with Gasteiger partial charge in [-0.2, -0.15) is 0 Å². The van der Waals surface area contributed by atoms with Gasteiger partial charge in [-0.05, 0) is 31.0 Å². The molecule has 0 unspecified atom stereocenters. The van der Waals surface area contributed by atoms with Gasteiger partial charge in [-0.3, -0.25) is 4.79 Å². The van der Waals surface area contributed by atoms with E-state index in [2.05, 4.69) is 20.9 Å². The highest BCUT2D eigenvalue weighted by Gasteiger charge is 2.19. The maximum Gasteiger partial charge on any atom is 0.315 e. The van der Waals surface area contributed by atoms with Gasteiger partial charge in [0.05, 0.1) is 29.7 Å². The van der Waals surface area contributed by atoms with Crippen LogP contribution in [0.2, 0.25) is 0 Å². The second-order valence-corrected chi connectivity index (χ2v) is 6.61. The zero-order chi connectivity index (χ0) is 16.4. The molecule has 0 fully saturated rings. The second-order valence-electron chi connectivity index (χ2n) is 5.55. The highest BCUT2D eigenvalue weighted by atomic mass is 32.1. The third-order valence-electron chi connectivity index (χ3n) is 3.70. The standard InChI is InChI=1S/C16H18N4O2S/c1-9(11-3-4-14-12(5-11)6-15(21)20-14)18-16(22)17-7-13-8-23-10(2)19-13/h3-5,8-9H,6-7H2,1-2H3,(H,20,21)(H2,17,18,22)/t9-/m0/s1. The van der Waals surface area contributed by atoms with Crippen LogP contribution in [0.1, 0.15) is 34.8 Å². The summed E-state index contributed by atoms with van der Waals surface area (Å²) in [5.74, 6) is 0.00839. The van der Waals surface area contributed by atoms with E-state index < -0.39 is 0 Å². The Labute approximate surface area is 138 Å². The smallest absolute Gasteiger partial charge is 0.315 e. The van der Waals surface area contributed by atoms with Crippen molar-refractivity contribution in [3.8, 4) is 0 Å². The summed E-state index contributed by atoms with van der Waals surface area (Å²) in [6, 6.07) is 5.37. The zero-order valence-electron chi connectivity index (χ0n) is 13.0. The molecule has 1 aliphatic rings. The van der Waals surface area contributed by atoms with Crippen LogP contribution in [0.5, 0.6) is 0 Å². The van der Waals surface area contributed by atoms with Crippen molar-refractivity contribution in [1.82, 2.24) is 15.6 Å². The minimum Gasteiger partial charge on any atom is -0.332 e. The van der Waals surface area contributed by atoms with Crippen LogP contribution in [0.25, 0.3) is 0 Å². The maximum absolute atomic E-state index is 12.0. The Balaban J connectivity index is 1.56. The summed E-state index contributed by atoms with van der Waals surface area (Å²) in [5.41, 5.74) is 3.66. The largest absolute Gasteiger partial charge is 0.332 e. The molecule has 3 N–H and O–H groups in total. The molecule has 0 saturated heterocycles. The van der Waals surface area contributed by atoms with Gasteiger partial charge in [-0.1, -0.05) is 12.1 Å². The summed E-state index contributed by atoms with van der Waals surface area (Å²) >= 11 is 1.56. The first-order valence-corrected chi connectivity index (χ1v) is 8.27. The van der Waals surface area contributed by atoms with Gasteiger partial charge in [0.15, 0.2) is 0 Å². The van der Waals surface area contributed by atoms with E-state index in [9.17, 15) is 9.59 Å². The quantitative estimate of drug-likeness (QED) is 0.805. The molecule has 1 atom stereocenters. The fourth-order valence-corrected chi connectivity index (χ4v) is 3.12. The summed E-state index contributed by atoms with van der Waals surface area (Å²) in [6.45, 7) is 4.26. The van der Waals surface area contributed by atoms with Gasteiger partial charge in [0.25, 0.3) is 0 Å². The lowest BCUT2D eigenvalue weighted by Crippen LogP contribution is -2.36. The molecule has 2 aromatic rings. The molecule has 1 aromatic carbocycles. The van der Waals surface area contributed by atoms with E-state index in [0.29, 0.717) is 13.0 Å². The number of carbonyl (C=O) groups is 2. The van der Waals surface area contributed by atoms with Crippen molar-refractivity contribution in [3.63, 3.8) is 0 Å². The molecule has 7 heteroatoms. The molecule has 0 aliphatic carbocycles. The normalized spacial score (nSPS) is 14.1. The number of carbonyl (C=O) groups excluding carboxylic acids is 2. The number of amides is 3. The number of thiazole rings is 1. The van der Waals surface area contributed by atoms with Crippen molar-refractivity contribution >= 4 is 29.0 Å². The Bertz CT molecular complexity index is 756.